The Balaban J connectivity index is 2.50. The van der Waals surface area contributed by atoms with Gasteiger partial charge in [0.25, 0.3) is 0 Å². The van der Waals surface area contributed by atoms with Crippen molar-refractivity contribution >= 4 is 0 Å². The van der Waals surface area contributed by atoms with Crippen molar-refractivity contribution in [1.82, 2.24) is 0 Å². The fraction of sp³-hybridized carbons (Fsp3) is 0.400. The molecule has 1 aromatic rings. The van der Waals surface area contributed by atoms with Gasteiger partial charge in [-0.25, -0.2) is 0 Å². The van der Waals surface area contributed by atoms with Gasteiger partial charge in [0, 0.05) is 6.54 Å². The predicted octanol–water partition coefficient (Wildman–Crippen LogP) is 0.925. The smallest absolute Gasteiger partial charge is 0.169 e. The van der Waals surface area contributed by atoms with Gasteiger partial charge in [0.15, 0.2) is 11.5 Å². The van der Waals surface area contributed by atoms with Gasteiger partial charge in [0.05, 0.1) is 12.7 Å². The Morgan fingerprint density at radius 2 is 2.14 bits per heavy atom. The first kappa shape index (κ1) is 9.15. The fourth-order valence-electron chi connectivity index (χ4n) is 1.54. The van der Waals surface area contributed by atoms with Crippen LogP contribution < -0.4 is 19.9 Å². The molecule has 0 fully saturated rings. The third kappa shape index (κ3) is 1.37. The van der Waals surface area contributed by atoms with Gasteiger partial charge in [-0.3, -0.25) is 0 Å². The molecule has 4 nitrogen and oxygen atoms in total. The summed E-state index contributed by atoms with van der Waals surface area (Å²) < 4.78 is 16.1. The molecule has 76 valence electrons. The Morgan fingerprint density at radius 3 is 2.86 bits per heavy atom. The normalized spacial score (nSPS) is 13.9. The summed E-state index contributed by atoms with van der Waals surface area (Å²) in [7, 11) is 1.62. The highest BCUT2D eigenvalue weighted by atomic mass is 16.6. The minimum Gasteiger partial charge on any atom is -0.496 e. The number of hydrogen-bond acceptors (Lipinski definition) is 4. The second kappa shape index (κ2) is 3.75. The summed E-state index contributed by atoms with van der Waals surface area (Å²) in [6, 6.07) is 3.68. The van der Waals surface area contributed by atoms with Crippen LogP contribution in [0.2, 0.25) is 0 Å². The van der Waals surface area contributed by atoms with Gasteiger partial charge in [-0.05, 0) is 12.1 Å². The molecular formula is C10H13NO3. The van der Waals surface area contributed by atoms with Crippen molar-refractivity contribution in [1.29, 1.82) is 0 Å². The Bertz CT molecular complexity index is 323. The largest absolute Gasteiger partial charge is 0.496 e. The highest BCUT2D eigenvalue weighted by Crippen LogP contribution is 2.38. The lowest BCUT2D eigenvalue weighted by atomic mass is 10.1. The van der Waals surface area contributed by atoms with Gasteiger partial charge in [0.1, 0.15) is 19.0 Å². The lowest BCUT2D eigenvalue weighted by Gasteiger charge is -2.21. The van der Waals surface area contributed by atoms with E-state index in [1.165, 1.54) is 0 Å². The van der Waals surface area contributed by atoms with Crippen molar-refractivity contribution in [3.05, 3.63) is 17.7 Å². The molecule has 14 heavy (non-hydrogen) atoms. The number of methoxy groups -OCH3 is 1. The minimum atomic E-state index is 0.385. The van der Waals surface area contributed by atoms with Crippen LogP contribution in [0, 0.1) is 0 Å². The molecular weight excluding hydrogens is 182 g/mol. The van der Waals surface area contributed by atoms with Gasteiger partial charge in [-0.15, -0.1) is 0 Å². The molecule has 4 heteroatoms. The van der Waals surface area contributed by atoms with Crippen molar-refractivity contribution in [3.8, 4) is 17.2 Å². The van der Waals surface area contributed by atoms with E-state index in [2.05, 4.69) is 0 Å². The topological polar surface area (TPSA) is 53.7 Å². The number of nitrogens with two attached hydrogens (primary N) is 1. The third-order valence-electron chi connectivity index (χ3n) is 2.19. The summed E-state index contributed by atoms with van der Waals surface area (Å²) in [5.41, 5.74) is 6.50. The summed E-state index contributed by atoms with van der Waals surface area (Å²) in [6.45, 7) is 1.53. The van der Waals surface area contributed by atoms with Gasteiger partial charge >= 0.3 is 0 Å². The maximum atomic E-state index is 5.63. The van der Waals surface area contributed by atoms with Crippen molar-refractivity contribution in [2.75, 3.05) is 20.3 Å². The molecule has 0 aromatic heterocycles. The molecule has 2 N–H and O–H groups in total. The first-order valence-electron chi connectivity index (χ1n) is 4.52. The Labute approximate surface area is 82.6 Å². The summed E-state index contributed by atoms with van der Waals surface area (Å²) >= 11 is 0. The van der Waals surface area contributed by atoms with Gasteiger partial charge in [-0.1, -0.05) is 0 Å². The van der Waals surface area contributed by atoms with Gasteiger partial charge in [0.2, 0.25) is 0 Å². The molecule has 1 aliphatic rings. The van der Waals surface area contributed by atoms with Crippen molar-refractivity contribution in [3.63, 3.8) is 0 Å². The molecule has 1 heterocycles. The van der Waals surface area contributed by atoms with Gasteiger partial charge < -0.3 is 19.9 Å². The van der Waals surface area contributed by atoms with Crippen LogP contribution in [0.25, 0.3) is 0 Å². The zero-order chi connectivity index (χ0) is 9.97. The van der Waals surface area contributed by atoms with E-state index in [-0.39, 0.29) is 0 Å². The number of ether oxygens (including phenoxy) is 3. The molecule has 0 bridgehead atoms. The molecule has 1 aliphatic heterocycles. The van der Waals surface area contributed by atoms with Crippen LogP contribution >= 0.6 is 0 Å². The average molecular weight is 195 g/mol. The van der Waals surface area contributed by atoms with E-state index in [0.29, 0.717) is 19.8 Å². The van der Waals surface area contributed by atoms with E-state index in [4.69, 9.17) is 19.9 Å². The molecule has 0 saturated carbocycles. The van der Waals surface area contributed by atoms with E-state index in [9.17, 15) is 0 Å². The van der Waals surface area contributed by atoms with E-state index >= 15 is 0 Å². The van der Waals surface area contributed by atoms with Crippen molar-refractivity contribution in [2.24, 2.45) is 5.73 Å². The number of rotatable bonds is 2. The SMILES string of the molecule is COc1ccc2c(c1CN)OCCO2. The number of fused-ring (bicyclic) bond motifs is 1. The number of benzene rings is 1. The monoisotopic (exact) mass is 195 g/mol. The second-order valence-electron chi connectivity index (χ2n) is 2.97. The van der Waals surface area contributed by atoms with Crippen LogP contribution in [0.15, 0.2) is 12.1 Å². The fourth-order valence-corrected chi connectivity index (χ4v) is 1.54. The molecule has 0 saturated heterocycles. The molecule has 0 atom stereocenters. The summed E-state index contributed by atoms with van der Waals surface area (Å²) in [4.78, 5) is 0. The first-order valence-corrected chi connectivity index (χ1v) is 4.52. The van der Waals surface area contributed by atoms with Crippen LogP contribution in [0.1, 0.15) is 5.56 Å². The molecule has 0 aliphatic carbocycles. The van der Waals surface area contributed by atoms with E-state index < -0.39 is 0 Å². The Morgan fingerprint density at radius 1 is 1.36 bits per heavy atom. The Kier molecular flexibility index (Phi) is 2.45. The van der Waals surface area contributed by atoms with Crippen molar-refractivity contribution < 1.29 is 14.2 Å². The molecule has 0 spiro atoms. The molecule has 2 rings (SSSR count). The lowest BCUT2D eigenvalue weighted by molar-refractivity contribution is 0.169. The molecule has 0 radical (unpaired) electrons. The van der Waals surface area contributed by atoms with Crippen LogP contribution in [-0.4, -0.2) is 20.3 Å². The first-order chi connectivity index (χ1) is 6.86. The highest BCUT2D eigenvalue weighted by Gasteiger charge is 2.18. The highest BCUT2D eigenvalue weighted by molar-refractivity contribution is 5.54. The maximum Gasteiger partial charge on any atom is 0.169 e. The maximum absolute atomic E-state index is 5.63. The molecule has 0 amide bonds. The number of hydrogen-bond donors (Lipinski definition) is 1. The van der Waals surface area contributed by atoms with E-state index in [0.717, 1.165) is 22.8 Å². The van der Waals surface area contributed by atoms with Crippen LogP contribution in [0.3, 0.4) is 0 Å². The third-order valence-corrected chi connectivity index (χ3v) is 2.19. The average Bonchev–Trinajstić information content (AvgIpc) is 2.27. The van der Waals surface area contributed by atoms with Gasteiger partial charge in [-0.2, -0.15) is 0 Å². The zero-order valence-corrected chi connectivity index (χ0v) is 8.08. The molecule has 1 aromatic carbocycles. The minimum absolute atomic E-state index is 0.385. The van der Waals surface area contributed by atoms with Crippen molar-refractivity contribution in [2.45, 2.75) is 6.54 Å². The summed E-state index contributed by atoms with van der Waals surface area (Å²) in [5, 5.41) is 0. The van der Waals surface area contributed by atoms with Crippen LogP contribution in [0.5, 0.6) is 17.2 Å². The van der Waals surface area contributed by atoms with Crippen LogP contribution in [-0.2, 0) is 6.54 Å². The molecule has 0 unspecified atom stereocenters. The van der Waals surface area contributed by atoms with E-state index in [1.54, 1.807) is 7.11 Å². The summed E-state index contributed by atoms with van der Waals surface area (Å²) in [5.74, 6) is 2.22. The summed E-state index contributed by atoms with van der Waals surface area (Å²) in [6.07, 6.45) is 0. The predicted molar refractivity (Wildman–Crippen MR) is 51.9 cm³/mol. The quantitative estimate of drug-likeness (QED) is 0.762. The Hall–Kier alpha value is -1.42. The van der Waals surface area contributed by atoms with Crippen LogP contribution in [0.4, 0.5) is 0 Å². The zero-order valence-electron chi connectivity index (χ0n) is 8.08. The van der Waals surface area contributed by atoms with E-state index in [1.807, 2.05) is 12.1 Å². The lowest BCUT2D eigenvalue weighted by Crippen LogP contribution is -2.17. The standard InChI is InChI=1S/C10H13NO3/c1-12-8-2-3-9-10(7(8)6-11)14-5-4-13-9/h2-3H,4-6,11H2,1H3. The second-order valence-corrected chi connectivity index (χ2v) is 2.97.